The lowest BCUT2D eigenvalue weighted by molar-refractivity contribution is 0.178. The Morgan fingerprint density at radius 2 is 2.21 bits per heavy atom. The first kappa shape index (κ1) is 13.6. The maximum Gasteiger partial charge on any atom is 0.319 e. The molecule has 0 radical (unpaired) electrons. The van der Waals surface area contributed by atoms with E-state index in [-0.39, 0.29) is 12.6 Å². The molecule has 5 heteroatoms. The van der Waals surface area contributed by atoms with E-state index in [1.54, 1.807) is 0 Å². The van der Waals surface area contributed by atoms with Gasteiger partial charge in [0.05, 0.1) is 6.54 Å². The van der Waals surface area contributed by atoms with Gasteiger partial charge in [-0.2, -0.15) is 0 Å². The van der Waals surface area contributed by atoms with E-state index < -0.39 is 6.10 Å². The highest BCUT2D eigenvalue weighted by atomic mass is 32.1. The third-order valence-corrected chi connectivity index (χ3v) is 3.58. The number of anilines is 1. The van der Waals surface area contributed by atoms with Gasteiger partial charge < -0.3 is 15.7 Å². The molecule has 1 atom stereocenters. The summed E-state index contributed by atoms with van der Waals surface area (Å²) in [6, 6.07) is 10.9. The molecule has 0 saturated carbocycles. The number of benzene rings is 1. The molecule has 1 heterocycles. The van der Waals surface area contributed by atoms with Crippen LogP contribution in [0.4, 0.5) is 10.5 Å². The van der Waals surface area contributed by atoms with Gasteiger partial charge in [-0.25, -0.2) is 4.79 Å². The fourth-order valence-electron chi connectivity index (χ4n) is 1.67. The fourth-order valence-corrected chi connectivity index (χ4v) is 2.38. The van der Waals surface area contributed by atoms with Crippen molar-refractivity contribution in [3.8, 4) is 0 Å². The van der Waals surface area contributed by atoms with Gasteiger partial charge >= 0.3 is 6.03 Å². The van der Waals surface area contributed by atoms with Crippen LogP contribution in [0.1, 0.15) is 16.5 Å². The first-order valence-electron chi connectivity index (χ1n) is 5.98. The maximum atomic E-state index is 11.7. The van der Waals surface area contributed by atoms with Crippen LogP contribution in [0.15, 0.2) is 41.8 Å². The molecule has 4 nitrogen and oxygen atoms in total. The van der Waals surface area contributed by atoms with Crippen LogP contribution in [0.2, 0.25) is 0 Å². The van der Waals surface area contributed by atoms with E-state index in [1.165, 1.54) is 11.3 Å². The first-order valence-corrected chi connectivity index (χ1v) is 6.86. The molecular weight excluding hydrogens is 260 g/mol. The minimum Gasteiger partial charge on any atom is -0.386 e. The van der Waals surface area contributed by atoms with Crippen LogP contribution in [0.5, 0.6) is 0 Å². The molecule has 1 aromatic heterocycles. The summed E-state index contributed by atoms with van der Waals surface area (Å²) < 4.78 is 0. The van der Waals surface area contributed by atoms with E-state index in [0.29, 0.717) is 0 Å². The zero-order valence-corrected chi connectivity index (χ0v) is 11.4. The highest BCUT2D eigenvalue weighted by molar-refractivity contribution is 7.10. The smallest absolute Gasteiger partial charge is 0.319 e. The molecule has 0 aliphatic heterocycles. The lowest BCUT2D eigenvalue weighted by Gasteiger charge is -2.11. The molecule has 2 amide bonds. The summed E-state index contributed by atoms with van der Waals surface area (Å²) in [6.07, 6.45) is -0.664. The highest BCUT2D eigenvalue weighted by Crippen LogP contribution is 2.17. The Hall–Kier alpha value is -1.85. The largest absolute Gasteiger partial charge is 0.386 e. The number of urea groups is 1. The third kappa shape index (κ3) is 4.08. The van der Waals surface area contributed by atoms with Crippen LogP contribution >= 0.6 is 11.3 Å². The van der Waals surface area contributed by atoms with E-state index >= 15 is 0 Å². The molecule has 100 valence electrons. The second-order valence-electron chi connectivity index (χ2n) is 4.24. The van der Waals surface area contributed by atoms with Crippen molar-refractivity contribution in [3.05, 3.63) is 52.2 Å². The first-order chi connectivity index (χ1) is 9.15. The lowest BCUT2D eigenvalue weighted by atomic mass is 10.2. The summed E-state index contributed by atoms with van der Waals surface area (Å²) in [5, 5.41) is 17.1. The molecule has 0 aliphatic carbocycles. The number of aliphatic hydroxyl groups excluding tert-OH is 1. The minimum atomic E-state index is -0.664. The number of hydrogen-bond acceptors (Lipinski definition) is 3. The van der Waals surface area contributed by atoms with Crippen LogP contribution in [0, 0.1) is 6.92 Å². The van der Waals surface area contributed by atoms with Gasteiger partial charge in [0.25, 0.3) is 0 Å². The number of nitrogens with one attached hydrogen (secondary N) is 2. The van der Waals surface area contributed by atoms with Gasteiger partial charge in [-0.1, -0.05) is 18.2 Å². The average molecular weight is 276 g/mol. The Morgan fingerprint density at radius 3 is 2.89 bits per heavy atom. The number of carbonyl (C=O) groups excluding carboxylic acids is 1. The maximum absolute atomic E-state index is 11.7. The van der Waals surface area contributed by atoms with Gasteiger partial charge in [0.2, 0.25) is 0 Å². The van der Waals surface area contributed by atoms with Crippen molar-refractivity contribution < 1.29 is 9.90 Å². The Morgan fingerprint density at radius 1 is 1.37 bits per heavy atom. The molecule has 0 saturated heterocycles. The van der Waals surface area contributed by atoms with E-state index in [0.717, 1.165) is 16.1 Å². The van der Waals surface area contributed by atoms with Gasteiger partial charge in [-0.3, -0.25) is 0 Å². The normalized spacial score (nSPS) is 11.9. The summed E-state index contributed by atoms with van der Waals surface area (Å²) in [6.45, 7) is 2.15. The summed E-state index contributed by atoms with van der Waals surface area (Å²) >= 11 is 1.47. The number of rotatable bonds is 4. The number of hydrogen-bond donors (Lipinski definition) is 3. The van der Waals surface area contributed by atoms with E-state index in [4.69, 9.17) is 0 Å². The van der Waals surface area contributed by atoms with E-state index in [1.807, 2.05) is 48.7 Å². The van der Waals surface area contributed by atoms with Crippen molar-refractivity contribution in [2.75, 3.05) is 11.9 Å². The number of carbonyl (C=O) groups is 1. The second kappa shape index (κ2) is 6.36. The Balaban J connectivity index is 1.82. The van der Waals surface area contributed by atoms with Gasteiger partial charge in [0.15, 0.2) is 0 Å². The molecule has 3 N–H and O–H groups in total. The Labute approximate surface area is 116 Å². The van der Waals surface area contributed by atoms with Crippen molar-refractivity contribution in [2.45, 2.75) is 13.0 Å². The molecule has 0 fully saturated rings. The molecule has 2 rings (SSSR count). The van der Waals surface area contributed by atoms with Crippen molar-refractivity contribution in [3.63, 3.8) is 0 Å². The molecule has 0 bridgehead atoms. The number of aryl methyl sites for hydroxylation is 1. The van der Waals surface area contributed by atoms with Crippen molar-refractivity contribution in [2.24, 2.45) is 0 Å². The van der Waals surface area contributed by atoms with Crippen LogP contribution in [0.25, 0.3) is 0 Å². The molecule has 19 heavy (non-hydrogen) atoms. The molecule has 0 aliphatic rings. The van der Waals surface area contributed by atoms with Gasteiger partial charge in [-0.15, -0.1) is 11.3 Å². The van der Waals surface area contributed by atoms with Crippen LogP contribution < -0.4 is 10.6 Å². The van der Waals surface area contributed by atoms with Crippen molar-refractivity contribution in [1.82, 2.24) is 5.32 Å². The van der Waals surface area contributed by atoms with Crippen molar-refractivity contribution >= 4 is 23.1 Å². The minimum absolute atomic E-state index is 0.193. The molecule has 0 spiro atoms. The van der Waals surface area contributed by atoms with Gasteiger partial charge in [-0.05, 0) is 36.1 Å². The molecule has 2 aromatic rings. The molecular formula is C14H16N2O2S. The van der Waals surface area contributed by atoms with E-state index in [9.17, 15) is 9.90 Å². The quantitative estimate of drug-likeness (QED) is 0.804. The number of thiophene rings is 1. The van der Waals surface area contributed by atoms with Crippen molar-refractivity contribution in [1.29, 1.82) is 0 Å². The lowest BCUT2D eigenvalue weighted by Crippen LogP contribution is -2.32. The summed E-state index contributed by atoms with van der Waals surface area (Å²) in [7, 11) is 0. The highest BCUT2D eigenvalue weighted by Gasteiger charge is 2.10. The standard InChI is InChI=1S/C14H16N2O2S/c1-10-4-2-5-11(8-10)16-14(18)15-9-12(17)13-6-3-7-19-13/h2-8,12,17H,9H2,1H3,(H2,15,16,18). The monoisotopic (exact) mass is 276 g/mol. The predicted molar refractivity (Wildman–Crippen MR) is 77.5 cm³/mol. The predicted octanol–water partition coefficient (Wildman–Crippen LogP) is 2.91. The Kier molecular flexibility index (Phi) is 4.54. The number of amides is 2. The molecule has 1 aromatic carbocycles. The SMILES string of the molecule is Cc1cccc(NC(=O)NCC(O)c2cccs2)c1. The van der Waals surface area contributed by atoms with E-state index in [2.05, 4.69) is 10.6 Å². The Bertz CT molecular complexity index is 540. The summed E-state index contributed by atoms with van der Waals surface area (Å²) in [5.41, 5.74) is 1.82. The average Bonchev–Trinajstić information content (AvgIpc) is 2.90. The van der Waals surface area contributed by atoms with Gasteiger partial charge in [0.1, 0.15) is 6.10 Å². The molecule has 1 unspecified atom stereocenters. The summed E-state index contributed by atoms with van der Waals surface area (Å²) in [5.74, 6) is 0. The van der Waals surface area contributed by atoms with Crippen LogP contribution in [-0.4, -0.2) is 17.7 Å². The topological polar surface area (TPSA) is 61.4 Å². The van der Waals surface area contributed by atoms with Crippen LogP contribution in [0.3, 0.4) is 0 Å². The van der Waals surface area contributed by atoms with Crippen LogP contribution in [-0.2, 0) is 0 Å². The second-order valence-corrected chi connectivity index (χ2v) is 5.21. The third-order valence-electron chi connectivity index (χ3n) is 2.60. The zero-order valence-electron chi connectivity index (χ0n) is 10.6. The summed E-state index contributed by atoms with van der Waals surface area (Å²) in [4.78, 5) is 12.5. The zero-order chi connectivity index (χ0) is 13.7. The fraction of sp³-hybridized carbons (Fsp3) is 0.214. The van der Waals surface area contributed by atoms with Gasteiger partial charge in [0, 0.05) is 10.6 Å². The number of aliphatic hydroxyl groups is 1.